The molecular formula is C14H20N4O4. The summed E-state index contributed by atoms with van der Waals surface area (Å²) < 4.78 is 12.5. The fourth-order valence-corrected chi connectivity index (χ4v) is 1.90. The number of nitrogens with zero attached hydrogens (tertiary/aromatic N) is 4. The van der Waals surface area contributed by atoms with Crippen LogP contribution in [0.25, 0.3) is 0 Å². The molecule has 8 heteroatoms. The Hall–Kier alpha value is -2.06. The molecule has 0 spiro atoms. The zero-order valence-corrected chi connectivity index (χ0v) is 12.6. The van der Waals surface area contributed by atoms with Gasteiger partial charge >= 0.3 is 0 Å². The van der Waals surface area contributed by atoms with Crippen molar-refractivity contribution in [3.63, 3.8) is 0 Å². The van der Waals surface area contributed by atoms with Crippen molar-refractivity contribution in [2.45, 2.75) is 26.5 Å². The highest BCUT2D eigenvalue weighted by Crippen LogP contribution is 2.03. The van der Waals surface area contributed by atoms with Gasteiger partial charge in [0.25, 0.3) is 11.8 Å². The van der Waals surface area contributed by atoms with Crippen LogP contribution in [-0.2, 0) is 32.2 Å². The van der Waals surface area contributed by atoms with E-state index in [2.05, 4.69) is 17.2 Å². The molecule has 1 aliphatic heterocycles. The summed E-state index contributed by atoms with van der Waals surface area (Å²) in [5.41, 5.74) is 0.702. The van der Waals surface area contributed by atoms with Crippen molar-refractivity contribution in [3.8, 4) is 0 Å². The number of carbonyl (C=O) groups excluding carboxylic acids is 2. The molecule has 0 radical (unpaired) electrons. The molecule has 0 aromatic carbocycles. The largest absolute Gasteiger partial charge is 0.380 e. The fourth-order valence-electron chi connectivity index (χ4n) is 1.90. The second-order valence-electron chi connectivity index (χ2n) is 4.80. The van der Waals surface area contributed by atoms with Crippen LogP contribution in [0.2, 0.25) is 0 Å². The van der Waals surface area contributed by atoms with Crippen molar-refractivity contribution >= 4 is 11.8 Å². The highest BCUT2D eigenvalue weighted by Gasteiger charge is 2.22. The summed E-state index contributed by atoms with van der Waals surface area (Å²) in [7, 11) is 0. The van der Waals surface area contributed by atoms with E-state index in [9.17, 15) is 9.59 Å². The fraction of sp³-hybridized carbons (Fsp3) is 0.571. The number of rotatable bonds is 10. The van der Waals surface area contributed by atoms with Gasteiger partial charge in [0.05, 0.1) is 39.1 Å². The maximum atomic E-state index is 11.3. The molecule has 2 amide bonds. The number of imide groups is 1. The SMILES string of the molecule is CCCOCCn1cc(COCCN2C(=O)C=CC2=O)nn1. The zero-order chi connectivity index (χ0) is 15.8. The van der Waals surface area contributed by atoms with Gasteiger partial charge in [-0.1, -0.05) is 12.1 Å². The second-order valence-corrected chi connectivity index (χ2v) is 4.80. The molecule has 0 unspecified atom stereocenters. The summed E-state index contributed by atoms with van der Waals surface area (Å²) in [5.74, 6) is -0.599. The van der Waals surface area contributed by atoms with Crippen LogP contribution in [0, 0.1) is 0 Å². The minimum absolute atomic E-state index is 0.240. The molecule has 0 saturated carbocycles. The van der Waals surface area contributed by atoms with Gasteiger partial charge in [0.2, 0.25) is 0 Å². The van der Waals surface area contributed by atoms with Gasteiger partial charge in [-0.15, -0.1) is 5.10 Å². The maximum Gasteiger partial charge on any atom is 0.253 e. The number of carbonyl (C=O) groups is 2. The second kappa shape index (κ2) is 8.40. The lowest BCUT2D eigenvalue weighted by atomic mass is 10.5. The Morgan fingerprint density at radius 2 is 1.77 bits per heavy atom. The average molecular weight is 308 g/mol. The molecule has 0 fully saturated rings. The van der Waals surface area contributed by atoms with Crippen molar-refractivity contribution in [1.82, 2.24) is 19.9 Å². The van der Waals surface area contributed by atoms with Gasteiger partial charge in [-0.2, -0.15) is 0 Å². The van der Waals surface area contributed by atoms with E-state index in [-0.39, 0.29) is 25.0 Å². The number of hydrogen-bond donors (Lipinski definition) is 0. The van der Waals surface area contributed by atoms with Crippen molar-refractivity contribution in [3.05, 3.63) is 24.0 Å². The van der Waals surface area contributed by atoms with Crippen LogP contribution < -0.4 is 0 Å². The molecule has 8 nitrogen and oxygen atoms in total. The van der Waals surface area contributed by atoms with E-state index >= 15 is 0 Å². The van der Waals surface area contributed by atoms with Crippen LogP contribution in [0.15, 0.2) is 18.3 Å². The molecule has 120 valence electrons. The summed E-state index contributed by atoms with van der Waals surface area (Å²) in [6.45, 7) is 4.85. The Bertz CT molecular complexity index is 523. The minimum Gasteiger partial charge on any atom is -0.380 e. The van der Waals surface area contributed by atoms with Crippen LogP contribution in [-0.4, -0.2) is 58.1 Å². The Balaban J connectivity index is 1.62. The quantitative estimate of drug-likeness (QED) is 0.451. The van der Waals surface area contributed by atoms with Crippen molar-refractivity contribution in [2.24, 2.45) is 0 Å². The van der Waals surface area contributed by atoms with Gasteiger partial charge in [-0.05, 0) is 6.42 Å². The van der Waals surface area contributed by atoms with Crippen LogP contribution in [0.3, 0.4) is 0 Å². The van der Waals surface area contributed by atoms with E-state index < -0.39 is 0 Å². The third kappa shape index (κ3) is 4.74. The molecular weight excluding hydrogens is 288 g/mol. The minimum atomic E-state index is -0.299. The molecule has 0 atom stereocenters. The maximum absolute atomic E-state index is 11.3. The Morgan fingerprint density at radius 1 is 1.05 bits per heavy atom. The first kappa shape index (κ1) is 16.3. The van der Waals surface area contributed by atoms with E-state index in [1.54, 1.807) is 10.9 Å². The standard InChI is InChI=1S/C14H20N4O4/c1-2-7-21-8-5-17-10-12(15-16-17)11-22-9-6-18-13(19)3-4-14(18)20/h3-4,10H,2,5-9,11H2,1H3. The van der Waals surface area contributed by atoms with E-state index in [1.165, 1.54) is 12.2 Å². The van der Waals surface area contributed by atoms with Gasteiger partial charge in [0, 0.05) is 18.8 Å². The van der Waals surface area contributed by atoms with Gasteiger partial charge < -0.3 is 9.47 Å². The third-order valence-corrected chi connectivity index (χ3v) is 3.01. The van der Waals surface area contributed by atoms with Crippen molar-refractivity contribution < 1.29 is 19.1 Å². The smallest absolute Gasteiger partial charge is 0.253 e. The summed E-state index contributed by atoms with van der Waals surface area (Å²) in [4.78, 5) is 23.8. The number of aromatic nitrogens is 3. The zero-order valence-electron chi connectivity index (χ0n) is 12.6. The lowest BCUT2D eigenvalue weighted by Crippen LogP contribution is -2.33. The molecule has 2 heterocycles. The van der Waals surface area contributed by atoms with Crippen LogP contribution >= 0.6 is 0 Å². The first-order valence-electron chi connectivity index (χ1n) is 7.28. The normalized spacial score (nSPS) is 14.3. The molecule has 2 rings (SSSR count). The average Bonchev–Trinajstić information content (AvgIpc) is 3.08. The van der Waals surface area contributed by atoms with Crippen LogP contribution in [0.4, 0.5) is 0 Å². The van der Waals surface area contributed by atoms with Gasteiger partial charge in [0.1, 0.15) is 5.69 Å². The Labute approximate surface area is 128 Å². The van der Waals surface area contributed by atoms with E-state index in [0.717, 1.165) is 17.9 Å². The molecule has 1 aliphatic rings. The number of hydrogen-bond acceptors (Lipinski definition) is 6. The molecule has 1 aromatic rings. The molecule has 22 heavy (non-hydrogen) atoms. The van der Waals surface area contributed by atoms with E-state index in [4.69, 9.17) is 9.47 Å². The lowest BCUT2D eigenvalue weighted by molar-refractivity contribution is -0.137. The molecule has 1 aromatic heterocycles. The van der Waals surface area contributed by atoms with E-state index in [0.29, 0.717) is 25.5 Å². The third-order valence-electron chi connectivity index (χ3n) is 3.01. The van der Waals surface area contributed by atoms with Gasteiger partial charge in [0.15, 0.2) is 0 Å². The highest BCUT2D eigenvalue weighted by molar-refractivity contribution is 6.12. The number of amides is 2. The summed E-state index contributed by atoms with van der Waals surface area (Å²) in [6, 6.07) is 0. The van der Waals surface area contributed by atoms with Crippen molar-refractivity contribution in [1.29, 1.82) is 0 Å². The first-order valence-corrected chi connectivity index (χ1v) is 7.28. The molecule has 0 saturated heterocycles. The summed E-state index contributed by atoms with van der Waals surface area (Å²) >= 11 is 0. The predicted molar refractivity (Wildman–Crippen MR) is 76.6 cm³/mol. The summed E-state index contributed by atoms with van der Waals surface area (Å²) in [5, 5.41) is 7.96. The Morgan fingerprint density at radius 3 is 2.50 bits per heavy atom. The van der Waals surface area contributed by atoms with E-state index in [1.807, 2.05) is 0 Å². The molecule has 0 aliphatic carbocycles. The van der Waals surface area contributed by atoms with Crippen molar-refractivity contribution in [2.75, 3.05) is 26.4 Å². The van der Waals surface area contributed by atoms with Crippen LogP contribution in [0.1, 0.15) is 19.0 Å². The van der Waals surface area contributed by atoms with Gasteiger partial charge in [-0.25, -0.2) is 4.68 Å². The molecule has 0 bridgehead atoms. The lowest BCUT2D eigenvalue weighted by Gasteiger charge is -2.12. The Kier molecular flexibility index (Phi) is 6.23. The van der Waals surface area contributed by atoms with Gasteiger partial charge in [-0.3, -0.25) is 14.5 Å². The topological polar surface area (TPSA) is 86.5 Å². The highest BCUT2D eigenvalue weighted by atomic mass is 16.5. The number of ether oxygens (including phenoxy) is 2. The monoisotopic (exact) mass is 308 g/mol. The summed E-state index contributed by atoms with van der Waals surface area (Å²) in [6.07, 6.45) is 5.31. The van der Waals surface area contributed by atoms with Crippen LogP contribution in [0.5, 0.6) is 0 Å². The predicted octanol–water partition coefficient (Wildman–Crippen LogP) is 0.146. The first-order chi connectivity index (χ1) is 10.7. The molecule has 0 N–H and O–H groups in total.